The second-order valence-electron chi connectivity index (χ2n) is 5.09. The predicted octanol–water partition coefficient (Wildman–Crippen LogP) is 3.24. The number of nitrogens with one attached hydrogen (secondary N) is 1. The van der Waals surface area contributed by atoms with Crippen molar-refractivity contribution >= 4 is 47.9 Å². The van der Waals surface area contributed by atoms with Gasteiger partial charge in [0, 0.05) is 15.5 Å². The molecular formula is C13H17Br2NO4S. The lowest BCUT2D eigenvalue weighted by Gasteiger charge is -2.16. The van der Waals surface area contributed by atoms with E-state index in [0.717, 1.165) is 4.47 Å². The fourth-order valence-corrected chi connectivity index (χ4v) is 4.65. The molecule has 0 radical (unpaired) electrons. The maximum atomic E-state index is 12.2. The van der Waals surface area contributed by atoms with Crippen LogP contribution in [0.5, 0.6) is 0 Å². The van der Waals surface area contributed by atoms with Gasteiger partial charge in [0.05, 0.1) is 10.8 Å². The molecule has 0 aliphatic carbocycles. The standard InChI is InChI=1S/C13H17Br2NO4S/c1-8(2)5-9(13(17)18)7-16-21(19,20)12-4-3-10(14)6-11(12)15/h3-4,6,8-9,16H,5,7H2,1-2H3,(H,17,18). The Labute approximate surface area is 141 Å². The first kappa shape index (κ1) is 18.6. The topological polar surface area (TPSA) is 83.5 Å². The molecule has 0 saturated heterocycles. The highest BCUT2D eigenvalue weighted by molar-refractivity contribution is 9.11. The van der Waals surface area contributed by atoms with Crippen LogP contribution in [0.4, 0.5) is 0 Å². The molecule has 1 unspecified atom stereocenters. The van der Waals surface area contributed by atoms with Gasteiger partial charge in [-0.1, -0.05) is 29.8 Å². The van der Waals surface area contributed by atoms with Gasteiger partial charge in [-0.2, -0.15) is 0 Å². The minimum absolute atomic E-state index is 0.0828. The number of hydrogen-bond donors (Lipinski definition) is 2. The third kappa shape index (κ3) is 5.69. The van der Waals surface area contributed by atoms with Crippen LogP contribution in [0.1, 0.15) is 20.3 Å². The van der Waals surface area contributed by atoms with E-state index in [1.807, 2.05) is 13.8 Å². The molecule has 0 aliphatic rings. The fourth-order valence-electron chi connectivity index (χ4n) is 1.82. The van der Waals surface area contributed by atoms with Gasteiger partial charge < -0.3 is 5.11 Å². The van der Waals surface area contributed by atoms with E-state index in [-0.39, 0.29) is 17.4 Å². The molecule has 118 valence electrons. The van der Waals surface area contributed by atoms with E-state index in [0.29, 0.717) is 10.9 Å². The molecule has 0 bridgehead atoms. The maximum absolute atomic E-state index is 12.2. The Balaban J connectivity index is 2.87. The van der Waals surface area contributed by atoms with Crippen molar-refractivity contribution in [1.82, 2.24) is 4.72 Å². The summed E-state index contributed by atoms with van der Waals surface area (Å²) in [6, 6.07) is 4.69. The quantitative estimate of drug-likeness (QED) is 0.678. The summed E-state index contributed by atoms with van der Waals surface area (Å²) < 4.78 is 28.0. The Bertz CT molecular complexity index is 617. The second-order valence-corrected chi connectivity index (χ2v) is 8.60. The normalized spacial score (nSPS) is 13.4. The number of hydrogen-bond acceptors (Lipinski definition) is 3. The molecule has 1 aromatic carbocycles. The Morgan fingerprint density at radius 2 is 1.95 bits per heavy atom. The molecule has 1 aromatic rings. The average molecular weight is 443 g/mol. The van der Waals surface area contributed by atoms with Crippen molar-refractivity contribution in [2.24, 2.45) is 11.8 Å². The van der Waals surface area contributed by atoms with Gasteiger partial charge in [0.15, 0.2) is 0 Å². The third-order valence-corrected chi connectivity index (χ3v) is 5.70. The zero-order valence-electron chi connectivity index (χ0n) is 11.6. The molecule has 0 aliphatic heterocycles. The Morgan fingerprint density at radius 1 is 1.33 bits per heavy atom. The number of carboxylic acid groups (broad SMARTS) is 1. The molecule has 8 heteroatoms. The number of benzene rings is 1. The van der Waals surface area contributed by atoms with Gasteiger partial charge in [-0.25, -0.2) is 13.1 Å². The molecule has 0 heterocycles. The molecular weight excluding hydrogens is 426 g/mol. The van der Waals surface area contributed by atoms with Crippen molar-refractivity contribution in [3.8, 4) is 0 Å². The highest BCUT2D eigenvalue weighted by atomic mass is 79.9. The van der Waals surface area contributed by atoms with E-state index in [2.05, 4.69) is 36.6 Å². The Kier molecular flexibility index (Phi) is 6.83. The number of rotatable bonds is 7. The van der Waals surface area contributed by atoms with E-state index in [9.17, 15) is 13.2 Å². The van der Waals surface area contributed by atoms with Crippen LogP contribution in [-0.4, -0.2) is 26.0 Å². The lowest BCUT2D eigenvalue weighted by Crippen LogP contribution is -2.33. The summed E-state index contributed by atoms with van der Waals surface area (Å²) >= 11 is 6.44. The van der Waals surface area contributed by atoms with Crippen LogP contribution in [0.3, 0.4) is 0 Å². The number of carboxylic acids is 1. The summed E-state index contributed by atoms with van der Waals surface area (Å²) in [6.45, 7) is 3.67. The molecule has 0 amide bonds. The molecule has 5 nitrogen and oxygen atoms in total. The molecule has 21 heavy (non-hydrogen) atoms. The Hall–Kier alpha value is -0.440. The van der Waals surface area contributed by atoms with Crippen LogP contribution in [0, 0.1) is 11.8 Å². The van der Waals surface area contributed by atoms with Crippen molar-refractivity contribution in [1.29, 1.82) is 0 Å². The molecule has 0 spiro atoms. The lowest BCUT2D eigenvalue weighted by molar-refractivity contribution is -0.142. The van der Waals surface area contributed by atoms with Crippen LogP contribution >= 0.6 is 31.9 Å². The zero-order valence-corrected chi connectivity index (χ0v) is 15.6. The van der Waals surface area contributed by atoms with Crippen LogP contribution in [-0.2, 0) is 14.8 Å². The summed E-state index contributed by atoms with van der Waals surface area (Å²) in [7, 11) is -3.75. The molecule has 2 N–H and O–H groups in total. The monoisotopic (exact) mass is 441 g/mol. The minimum atomic E-state index is -3.75. The molecule has 1 atom stereocenters. The average Bonchev–Trinajstić information content (AvgIpc) is 2.33. The number of sulfonamides is 1. The van der Waals surface area contributed by atoms with Crippen molar-refractivity contribution < 1.29 is 18.3 Å². The summed E-state index contributed by atoms with van der Waals surface area (Å²) in [5.41, 5.74) is 0. The summed E-state index contributed by atoms with van der Waals surface area (Å²) in [5.74, 6) is -1.56. The zero-order chi connectivity index (χ0) is 16.2. The Morgan fingerprint density at radius 3 is 2.43 bits per heavy atom. The van der Waals surface area contributed by atoms with Crippen molar-refractivity contribution in [3.63, 3.8) is 0 Å². The van der Waals surface area contributed by atoms with Gasteiger partial charge in [-0.15, -0.1) is 0 Å². The highest BCUT2D eigenvalue weighted by Crippen LogP contribution is 2.25. The van der Waals surface area contributed by atoms with Gasteiger partial charge in [0.1, 0.15) is 0 Å². The van der Waals surface area contributed by atoms with Crippen LogP contribution < -0.4 is 4.72 Å². The molecule has 0 saturated carbocycles. The fraction of sp³-hybridized carbons (Fsp3) is 0.462. The van der Waals surface area contributed by atoms with E-state index >= 15 is 0 Å². The summed E-state index contributed by atoms with van der Waals surface area (Å²) in [6.07, 6.45) is 0.416. The van der Waals surface area contributed by atoms with Gasteiger partial charge in [-0.05, 0) is 46.5 Å². The van der Waals surface area contributed by atoms with E-state index < -0.39 is 21.9 Å². The maximum Gasteiger partial charge on any atom is 0.307 e. The second kappa shape index (κ2) is 7.71. The van der Waals surface area contributed by atoms with E-state index in [4.69, 9.17) is 5.11 Å². The van der Waals surface area contributed by atoms with Gasteiger partial charge in [0.2, 0.25) is 10.0 Å². The van der Waals surface area contributed by atoms with Crippen molar-refractivity contribution in [3.05, 3.63) is 27.1 Å². The first-order valence-electron chi connectivity index (χ1n) is 6.31. The first-order chi connectivity index (χ1) is 9.63. The van der Waals surface area contributed by atoms with Crippen molar-refractivity contribution in [2.45, 2.75) is 25.2 Å². The highest BCUT2D eigenvalue weighted by Gasteiger charge is 2.23. The molecule has 0 aromatic heterocycles. The number of halogens is 2. The van der Waals surface area contributed by atoms with Crippen LogP contribution in [0.2, 0.25) is 0 Å². The molecule has 1 rings (SSSR count). The summed E-state index contributed by atoms with van der Waals surface area (Å²) in [4.78, 5) is 11.2. The SMILES string of the molecule is CC(C)CC(CNS(=O)(=O)c1ccc(Br)cc1Br)C(=O)O. The van der Waals surface area contributed by atoms with Gasteiger partial charge in [0.25, 0.3) is 0 Å². The van der Waals surface area contributed by atoms with Crippen LogP contribution in [0.15, 0.2) is 32.0 Å². The lowest BCUT2D eigenvalue weighted by atomic mass is 9.98. The predicted molar refractivity (Wildman–Crippen MR) is 87.6 cm³/mol. The largest absolute Gasteiger partial charge is 0.481 e. The van der Waals surface area contributed by atoms with Crippen molar-refractivity contribution in [2.75, 3.05) is 6.54 Å². The van der Waals surface area contributed by atoms with E-state index in [1.165, 1.54) is 6.07 Å². The van der Waals surface area contributed by atoms with Gasteiger partial charge in [-0.3, -0.25) is 4.79 Å². The minimum Gasteiger partial charge on any atom is -0.481 e. The third-order valence-electron chi connectivity index (χ3n) is 2.81. The van der Waals surface area contributed by atoms with E-state index in [1.54, 1.807) is 12.1 Å². The molecule has 0 fully saturated rings. The van der Waals surface area contributed by atoms with Crippen LogP contribution in [0.25, 0.3) is 0 Å². The smallest absolute Gasteiger partial charge is 0.307 e. The van der Waals surface area contributed by atoms with Gasteiger partial charge >= 0.3 is 5.97 Å². The number of carbonyl (C=O) groups is 1. The summed E-state index contributed by atoms with van der Waals surface area (Å²) in [5, 5.41) is 9.13. The first-order valence-corrected chi connectivity index (χ1v) is 9.38. The number of aliphatic carboxylic acids is 1.